The lowest BCUT2D eigenvalue weighted by molar-refractivity contribution is -0.142. The molecule has 0 radical (unpaired) electrons. The molecule has 2 nitrogen and oxygen atoms in total. The Balaban J connectivity index is 2.11. The fourth-order valence-corrected chi connectivity index (χ4v) is 2.31. The molecule has 0 aliphatic heterocycles. The van der Waals surface area contributed by atoms with Crippen molar-refractivity contribution in [2.24, 2.45) is 0 Å². The van der Waals surface area contributed by atoms with E-state index in [0.717, 1.165) is 25.0 Å². The number of aliphatic hydroxyl groups is 1. The second-order valence-corrected chi connectivity index (χ2v) is 4.82. The van der Waals surface area contributed by atoms with Crippen molar-refractivity contribution in [3.63, 3.8) is 0 Å². The summed E-state index contributed by atoms with van der Waals surface area (Å²) in [5, 5.41) is 10.4. The van der Waals surface area contributed by atoms with E-state index in [-0.39, 0.29) is 6.10 Å². The van der Waals surface area contributed by atoms with Crippen LogP contribution in [0.2, 0.25) is 0 Å². The SMILES string of the molecule is CCOC1CC(O)(c2ccc(C)c(C)c2)C1. The van der Waals surface area contributed by atoms with Gasteiger partial charge in [0.15, 0.2) is 0 Å². The number of benzene rings is 1. The van der Waals surface area contributed by atoms with Crippen LogP contribution in [0, 0.1) is 13.8 Å². The highest BCUT2D eigenvalue weighted by atomic mass is 16.5. The zero-order valence-corrected chi connectivity index (χ0v) is 10.3. The average molecular weight is 220 g/mol. The summed E-state index contributed by atoms with van der Waals surface area (Å²) in [7, 11) is 0. The molecule has 16 heavy (non-hydrogen) atoms. The van der Waals surface area contributed by atoms with Crippen LogP contribution < -0.4 is 0 Å². The minimum atomic E-state index is -0.654. The van der Waals surface area contributed by atoms with Crippen molar-refractivity contribution in [2.45, 2.75) is 45.3 Å². The topological polar surface area (TPSA) is 29.5 Å². The summed E-state index contributed by atoms with van der Waals surface area (Å²) in [6.07, 6.45) is 1.68. The van der Waals surface area contributed by atoms with Gasteiger partial charge in [-0.2, -0.15) is 0 Å². The maximum atomic E-state index is 10.4. The molecule has 1 saturated carbocycles. The summed E-state index contributed by atoms with van der Waals surface area (Å²) >= 11 is 0. The number of rotatable bonds is 3. The molecule has 1 aromatic carbocycles. The molecule has 0 bridgehead atoms. The van der Waals surface area contributed by atoms with Gasteiger partial charge in [0.2, 0.25) is 0 Å². The molecule has 88 valence electrons. The van der Waals surface area contributed by atoms with Crippen LogP contribution in [0.3, 0.4) is 0 Å². The molecule has 0 amide bonds. The molecule has 0 atom stereocenters. The number of hydrogen-bond donors (Lipinski definition) is 1. The summed E-state index contributed by atoms with van der Waals surface area (Å²) in [5.41, 5.74) is 2.89. The molecule has 0 heterocycles. The fraction of sp³-hybridized carbons (Fsp3) is 0.571. The van der Waals surface area contributed by atoms with Crippen LogP contribution >= 0.6 is 0 Å². The highest BCUT2D eigenvalue weighted by Gasteiger charge is 2.44. The van der Waals surface area contributed by atoms with Crippen molar-refractivity contribution >= 4 is 0 Å². The molecule has 1 N–H and O–H groups in total. The number of aryl methyl sites for hydroxylation is 2. The van der Waals surface area contributed by atoms with Crippen molar-refractivity contribution < 1.29 is 9.84 Å². The largest absolute Gasteiger partial charge is 0.385 e. The lowest BCUT2D eigenvalue weighted by atomic mass is 9.72. The van der Waals surface area contributed by atoms with E-state index in [1.54, 1.807) is 0 Å². The Hall–Kier alpha value is -0.860. The lowest BCUT2D eigenvalue weighted by Crippen LogP contribution is -2.45. The summed E-state index contributed by atoms with van der Waals surface area (Å²) in [6, 6.07) is 6.21. The Kier molecular flexibility index (Phi) is 3.04. The van der Waals surface area contributed by atoms with Gasteiger partial charge in [-0.05, 0) is 37.5 Å². The summed E-state index contributed by atoms with van der Waals surface area (Å²) < 4.78 is 5.49. The molecule has 0 saturated heterocycles. The van der Waals surface area contributed by atoms with Crippen LogP contribution in [-0.2, 0) is 10.3 Å². The molecule has 1 fully saturated rings. The molecule has 1 aromatic rings. The fourth-order valence-electron chi connectivity index (χ4n) is 2.31. The van der Waals surface area contributed by atoms with Gasteiger partial charge in [0, 0.05) is 19.4 Å². The highest BCUT2D eigenvalue weighted by molar-refractivity contribution is 5.34. The Morgan fingerprint density at radius 3 is 2.56 bits per heavy atom. The van der Waals surface area contributed by atoms with E-state index in [9.17, 15) is 5.11 Å². The third-order valence-electron chi connectivity index (χ3n) is 3.58. The van der Waals surface area contributed by atoms with E-state index in [2.05, 4.69) is 26.0 Å². The van der Waals surface area contributed by atoms with Crippen molar-refractivity contribution in [3.8, 4) is 0 Å². The minimum absolute atomic E-state index is 0.233. The third-order valence-corrected chi connectivity index (χ3v) is 3.58. The van der Waals surface area contributed by atoms with Gasteiger partial charge in [0.1, 0.15) is 0 Å². The van der Waals surface area contributed by atoms with Gasteiger partial charge in [0.25, 0.3) is 0 Å². The molecule has 2 heteroatoms. The molecule has 1 aliphatic rings. The second-order valence-electron chi connectivity index (χ2n) is 4.82. The van der Waals surface area contributed by atoms with Gasteiger partial charge in [-0.15, -0.1) is 0 Å². The van der Waals surface area contributed by atoms with Gasteiger partial charge < -0.3 is 9.84 Å². The average Bonchev–Trinajstić information content (AvgIpc) is 2.20. The predicted octanol–water partition coefficient (Wildman–Crippen LogP) is 2.69. The van der Waals surface area contributed by atoms with Crippen molar-refractivity contribution in [3.05, 3.63) is 34.9 Å². The van der Waals surface area contributed by atoms with Crippen molar-refractivity contribution in [2.75, 3.05) is 6.61 Å². The molecule has 1 aliphatic carbocycles. The van der Waals surface area contributed by atoms with Crippen LogP contribution in [0.4, 0.5) is 0 Å². The first-order chi connectivity index (χ1) is 7.55. The van der Waals surface area contributed by atoms with Gasteiger partial charge in [-0.1, -0.05) is 18.2 Å². The number of ether oxygens (including phenoxy) is 1. The molecule has 2 rings (SSSR count). The Morgan fingerprint density at radius 2 is 2.00 bits per heavy atom. The summed E-state index contributed by atoms with van der Waals surface area (Å²) in [4.78, 5) is 0. The predicted molar refractivity (Wildman–Crippen MR) is 64.5 cm³/mol. The first-order valence-electron chi connectivity index (χ1n) is 5.97. The van der Waals surface area contributed by atoms with Crippen LogP contribution in [0.15, 0.2) is 18.2 Å². The summed E-state index contributed by atoms with van der Waals surface area (Å²) in [5.74, 6) is 0. The van der Waals surface area contributed by atoms with Crippen LogP contribution in [0.25, 0.3) is 0 Å². The molecule has 0 unspecified atom stereocenters. The van der Waals surface area contributed by atoms with Gasteiger partial charge >= 0.3 is 0 Å². The van der Waals surface area contributed by atoms with Gasteiger partial charge in [-0.3, -0.25) is 0 Å². The van der Waals surface area contributed by atoms with E-state index >= 15 is 0 Å². The third kappa shape index (κ3) is 2.00. The minimum Gasteiger partial charge on any atom is -0.385 e. The summed E-state index contributed by atoms with van der Waals surface area (Å²) in [6.45, 7) is 6.90. The standard InChI is InChI=1S/C14H20O2/c1-4-16-13-8-14(15,9-13)12-6-5-10(2)11(3)7-12/h5-7,13,15H,4,8-9H2,1-3H3. The Labute approximate surface area is 97.3 Å². The van der Waals surface area contributed by atoms with Crippen molar-refractivity contribution in [1.82, 2.24) is 0 Å². The van der Waals surface area contributed by atoms with Crippen LogP contribution in [-0.4, -0.2) is 17.8 Å². The van der Waals surface area contributed by atoms with Crippen LogP contribution in [0.5, 0.6) is 0 Å². The van der Waals surface area contributed by atoms with E-state index in [1.807, 2.05) is 13.0 Å². The second kappa shape index (κ2) is 4.19. The normalized spacial score (nSPS) is 28.9. The first kappa shape index (κ1) is 11.6. The van der Waals surface area contributed by atoms with Crippen LogP contribution in [0.1, 0.15) is 36.5 Å². The smallest absolute Gasteiger partial charge is 0.0946 e. The van der Waals surface area contributed by atoms with Gasteiger partial charge in [0.05, 0.1) is 11.7 Å². The monoisotopic (exact) mass is 220 g/mol. The van der Waals surface area contributed by atoms with Crippen molar-refractivity contribution in [1.29, 1.82) is 0 Å². The maximum absolute atomic E-state index is 10.4. The first-order valence-corrected chi connectivity index (χ1v) is 5.97. The lowest BCUT2D eigenvalue weighted by Gasteiger charge is -2.43. The van der Waals surface area contributed by atoms with E-state index in [1.165, 1.54) is 11.1 Å². The quantitative estimate of drug-likeness (QED) is 0.848. The number of hydrogen-bond acceptors (Lipinski definition) is 2. The van der Waals surface area contributed by atoms with E-state index in [0.29, 0.717) is 0 Å². The molecule has 0 aromatic heterocycles. The maximum Gasteiger partial charge on any atom is 0.0946 e. The zero-order valence-electron chi connectivity index (χ0n) is 10.3. The Bertz CT molecular complexity index is 378. The molecular weight excluding hydrogens is 200 g/mol. The van der Waals surface area contributed by atoms with Gasteiger partial charge in [-0.25, -0.2) is 0 Å². The van der Waals surface area contributed by atoms with E-state index < -0.39 is 5.60 Å². The Morgan fingerprint density at radius 1 is 1.31 bits per heavy atom. The molecule has 0 spiro atoms. The zero-order chi connectivity index (χ0) is 11.8. The highest BCUT2D eigenvalue weighted by Crippen LogP contribution is 2.43. The molecular formula is C14H20O2. The van der Waals surface area contributed by atoms with E-state index in [4.69, 9.17) is 4.74 Å².